The van der Waals surface area contributed by atoms with E-state index in [9.17, 15) is 9.59 Å². The lowest BCUT2D eigenvalue weighted by Crippen LogP contribution is -2.21. The number of carboxylic acid groups (broad SMARTS) is 1. The first-order chi connectivity index (χ1) is 9.38. The maximum atomic E-state index is 10.6. The molecule has 0 saturated carbocycles. The highest BCUT2D eigenvalue weighted by molar-refractivity contribution is 6.36. The second kappa shape index (κ2) is 14.0. The van der Waals surface area contributed by atoms with E-state index < -0.39 is 5.97 Å². The molecule has 0 amide bonds. The number of hydrogen-bond acceptors (Lipinski definition) is 5. The number of carbonyl (C=O) groups excluding carboxylic acids is 1. The minimum absolute atomic E-state index is 0.0231. The van der Waals surface area contributed by atoms with E-state index >= 15 is 0 Å². The van der Waals surface area contributed by atoms with Gasteiger partial charge in [-0.2, -0.15) is 0 Å². The summed E-state index contributed by atoms with van der Waals surface area (Å²) < 4.78 is 15.0. The highest BCUT2D eigenvalue weighted by Gasteiger charge is 2.05. The molecule has 7 heteroatoms. The molecule has 0 heterocycles. The third-order valence-electron chi connectivity index (χ3n) is 2.14. The molecule has 1 N–H and O–H groups in total. The zero-order valence-electron chi connectivity index (χ0n) is 12.4. The van der Waals surface area contributed by atoms with Gasteiger partial charge in [-0.05, 0) is 13.3 Å². The van der Waals surface area contributed by atoms with Crippen molar-refractivity contribution in [3.63, 3.8) is 0 Å². The molecule has 0 aliphatic carbocycles. The lowest BCUT2D eigenvalue weighted by Gasteiger charge is -2.11. The average Bonchev–Trinajstić information content (AvgIpc) is 2.43. The first-order valence-electron chi connectivity index (χ1n) is 6.12. The number of methoxy groups -OCH3 is 2. The average molecular weight is 304 g/mol. The predicted octanol–water partition coefficient (Wildman–Crippen LogP) is 0.916. The molecule has 0 bridgehead atoms. The number of esters is 1. The largest absolute Gasteiger partial charge is 0.478 e. The maximum Gasteiger partial charge on any atom is 0.330 e. The van der Waals surface area contributed by atoms with Gasteiger partial charge in [-0.1, -0.05) is 19.2 Å². The lowest BCUT2D eigenvalue weighted by molar-refractivity contribution is -0.137. The third-order valence-corrected chi connectivity index (χ3v) is 4.18. The molecule has 0 aromatic rings. The number of hydrogen-bond donors (Lipinski definition) is 1. The van der Waals surface area contributed by atoms with Crippen LogP contribution in [0.1, 0.15) is 13.3 Å². The standard InChI is InChI=1S/C9H18O4Si.C4H6O2/c1-4-8(10)13-6-5-7-14-9(11-2)12-3;1-3(2)4(5)6/h4,9H,1,5-7,14H2,2-3H3;1H2,2H3,(H,5,6). The van der Waals surface area contributed by atoms with E-state index in [1.807, 2.05) is 0 Å². The van der Waals surface area contributed by atoms with E-state index in [2.05, 4.69) is 13.2 Å². The number of rotatable bonds is 9. The van der Waals surface area contributed by atoms with Crippen LogP contribution < -0.4 is 0 Å². The summed E-state index contributed by atoms with van der Waals surface area (Å²) in [5, 5.41) is 7.89. The fourth-order valence-corrected chi connectivity index (χ4v) is 2.27. The van der Waals surface area contributed by atoms with E-state index in [0.717, 1.165) is 12.5 Å². The molecule has 0 saturated heterocycles. The van der Waals surface area contributed by atoms with Crippen LogP contribution in [0, 0.1) is 0 Å². The molecule has 0 radical (unpaired) electrons. The normalized spacial score (nSPS) is 10.0. The predicted molar refractivity (Wildman–Crippen MR) is 79.4 cm³/mol. The van der Waals surface area contributed by atoms with Crippen molar-refractivity contribution in [1.29, 1.82) is 0 Å². The van der Waals surface area contributed by atoms with Gasteiger partial charge in [-0.15, -0.1) is 0 Å². The first-order valence-corrected chi connectivity index (χ1v) is 7.94. The molecule has 0 unspecified atom stereocenters. The number of aliphatic carboxylic acids is 1. The molecular formula is C13H24O6Si. The molecule has 0 aromatic carbocycles. The summed E-state index contributed by atoms with van der Waals surface area (Å²) in [5.74, 6) is -1.32. The van der Waals surface area contributed by atoms with Crippen LogP contribution >= 0.6 is 0 Å². The van der Waals surface area contributed by atoms with E-state index in [4.69, 9.17) is 19.3 Å². The van der Waals surface area contributed by atoms with Crippen LogP contribution in [0.2, 0.25) is 6.04 Å². The summed E-state index contributed by atoms with van der Waals surface area (Å²) in [6.45, 7) is 8.37. The molecule has 0 fully saturated rings. The van der Waals surface area contributed by atoms with Gasteiger partial charge in [0.15, 0.2) is 0 Å². The minimum atomic E-state index is -0.935. The van der Waals surface area contributed by atoms with Crippen molar-refractivity contribution in [1.82, 2.24) is 0 Å². The Morgan fingerprint density at radius 1 is 1.35 bits per heavy atom. The Labute approximate surface area is 122 Å². The Morgan fingerprint density at radius 3 is 2.20 bits per heavy atom. The van der Waals surface area contributed by atoms with Crippen LogP contribution in [0.5, 0.6) is 0 Å². The summed E-state index contributed by atoms with van der Waals surface area (Å²) in [5.41, 5.74) is 0.176. The van der Waals surface area contributed by atoms with Crippen LogP contribution in [-0.4, -0.2) is 53.3 Å². The molecule has 6 nitrogen and oxygen atoms in total. The Balaban J connectivity index is 0. The van der Waals surface area contributed by atoms with Crippen molar-refractivity contribution in [2.75, 3.05) is 20.8 Å². The van der Waals surface area contributed by atoms with Crippen molar-refractivity contribution in [2.45, 2.75) is 25.3 Å². The molecule has 20 heavy (non-hydrogen) atoms. The summed E-state index contributed by atoms with van der Waals surface area (Å²) in [7, 11) is 2.89. The van der Waals surface area contributed by atoms with Crippen molar-refractivity contribution < 1.29 is 28.9 Å². The fourth-order valence-electron chi connectivity index (χ4n) is 0.977. The van der Waals surface area contributed by atoms with E-state index in [1.165, 1.54) is 13.0 Å². The molecule has 0 rings (SSSR count). The summed E-state index contributed by atoms with van der Waals surface area (Å²) in [4.78, 5) is 20.2. The number of ether oxygens (including phenoxy) is 3. The van der Waals surface area contributed by atoms with Crippen molar-refractivity contribution in [3.05, 3.63) is 24.8 Å². The maximum absolute atomic E-state index is 10.6. The Kier molecular flexibility index (Phi) is 14.6. The van der Waals surface area contributed by atoms with Crippen molar-refractivity contribution in [2.24, 2.45) is 0 Å². The van der Waals surface area contributed by atoms with Gasteiger partial charge >= 0.3 is 11.9 Å². The first kappa shape index (κ1) is 20.9. The van der Waals surface area contributed by atoms with E-state index in [-0.39, 0.29) is 27.0 Å². The summed E-state index contributed by atoms with van der Waals surface area (Å²) in [6, 6.07) is 1.04. The number of carboxylic acids is 1. The Hall–Kier alpha value is -1.44. The quantitative estimate of drug-likeness (QED) is 0.224. The van der Waals surface area contributed by atoms with Crippen LogP contribution in [0.4, 0.5) is 0 Å². The second-order valence-corrected chi connectivity index (χ2v) is 5.80. The highest BCUT2D eigenvalue weighted by atomic mass is 28.2. The van der Waals surface area contributed by atoms with Gasteiger partial charge in [0, 0.05) is 25.9 Å². The zero-order valence-corrected chi connectivity index (χ0v) is 13.8. The smallest absolute Gasteiger partial charge is 0.330 e. The topological polar surface area (TPSA) is 82.1 Å². The minimum Gasteiger partial charge on any atom is -0.478 e. The SMILES string of the molecule is C=C(C)C(=O)O.C=CC(=O)OCCC[SiH2]C(OC)OC. The van der Waals surface area contributed by atoms with Crippen LogP contribution in [0.15, 0.2) is 24.8 Å². The summed E-state index contributed by atoms with van der Waals surface area (Å²) >= 11 is 0. The molecule has 0 atom stereocenters. The summed E-state index contributed by atoms with van der Waals surface area (Å²) in [6.07, 6.45) is 2.04. The van der Waals surface area contributed by atoms with Gasteiger partial charge in [0.2, 0.25) is 0 Å². The molecule has 116 valence electrons. The van der Waals surface area contributed by atoms with Gasteiger partial charge in [-0.3, -0.25) is 0 Å². The molecule has 0 spiro atoms. The third kappa shape index (κ3) is 14.6. The fraction of sp³-hybridized carbons (Fsp3) is 0.538. The van der Waals surface area contributed by atoms with Gasteiger partial charge in [0.05, 0.1) is 16.1 Å². The Bertz CT molecular complexity index is 300. The van der Waals surface area contributed by atoms with Gasteiger partial charge in [0.25, 0.3) is 0 Å². The van der Waals surface area contributed by atoms with Crippen molar-refractivity contribution >= 4 is 21.5 Å². The zero-order chi connectivity index (χ0) is 16.0. The van der Waals surface area contributed by atoms with Crippen LogP contribution in [0.25, 0.3) is 0 Å². The van der Waals surface area contributed by atoms with Gasteiger partial charge < -0.3 is 19.3 Å². The Morgan fingerprint density at radius 2 is 1.85 bits per heavy atom. The highest BCUT2D eigenvalue weighted by Crippen LogP contribution is 1.97. The molecule has 0 aromatic heterocycles. The molecule has 0 aliphatic rings. The molecule has 0 aliphatic heterocycles. The van der Waals surface area contributed by atoms with Crippen molar-refractivity contribution in [3.8, 4) is 0 Å². The van der Waals surface area contributed by atoms with E-state index in [0.29, 0.717) is 6.61 Å². The van der Waals surface area contributed by atoms with Crippen LogP contribution in [-0.2, 0) is 23.8 Å². The second-order valence-electron chi connectivity index (χ2n) is 3.85. The lowest BCUT2D eigenvalue weighted by atomic mass is 10.4. The monoisotopic (exact) mass is 304 g/mol. The number of carbonyl (C=O) groups is 2. The van der Waals surface area contributed by atoms with E-state index in [1.54, 1.807) is 14.2 Å². The molecular weight excluding hydrogens is 280 g/mol. The van der Waals surface area contributed by atoms with Gasteiger partial charge in [-0.25, -0.2) is 9.59 Å². The van der Waals surface area contributed by atoms with Crippen LogP contribution in [0.3, 0.4) is 0 Å². The van der Waals surface area contributed by atoms with Gasteiger partial charge in [0.1, 0.15) is 5.91 Å².